The van der Waals surface area contributed by atoms with Crippen LogP contribution in [0.2, 0.25) is 0 Å². The monoisotopic (exact) mass is 512 g/mol. The molecule has 202 valence electrons. The van der Waals surface area contributed by atoms with E-state index in [0.29, 0.717) is 36.8 Å². The molecule has 0 heterocycles. The minimum absolute atomic E-state index is 0.342. The van der Waals surface area contributed by atoms with E-state index in [1.54, 1.807) is 0 Å². The van der Waals surface area contributed by atoms with E-state index in [4.69, 9.17) is 0 Å². The van der Waals surface area contributed by atoms with Crippen LogP contribution >= 0.6 is 0 Å². The van der Waals surface area contributed by atoms with Gasteiger partial charge in [-0.3, -0.25) is 0 Å². The first-order valence-corrected chi connectivity index (χ1v) is 14.4. The van der Waals surface area contributed by atoms with Crippen molar-refractivity contribution in [3.63, 3.8) is 0 Å². The Balaban J connectivity index is 1.06. The van der Waals surface area contributed by atoms with Crippen molar-refractivity contribution in [2.24, 2.45) is 47.3 Å². The van der Waals surface area contributed by atoms with Crippen molar-refractivity contribution in [2.75, 3.05) is 0 Å². The Labute approximate surface area is 212 Å². The molecule has 4 saturated carbocycles. The molecule has 4 aliphatic carbocycles. The number of fused-ring (bicyclic) bond motifs is 1. The van der Waals surface area contributed by atoms with Gasteiger partial charge in [-0.2, -0.15) is 8.78 Å². The second kappa shape index (κ2) is 10.8. The zero-order valence-electron chi connectivity index (χ0n) is 21.5. The molecule has 0 spiro atoms. The van der Waals surface area contributed by atoms with Crippen LogP contribution in [-0.4, -0.2) is 6.11 Å². The average Bonchev–Trinajstić information content (AvgIpc) is 3.42. The Morgan fingerprint density at radius 3 is 1.64 bits per heavy atom. The van der Waals surface area contributed by atoms with Gasteiger partial charge in [0.1, 0.15) is 5.75 Å². The molecular weight excluding hydrogens is 471 g/mol. The molecule has 1 aromatic rings. The van der Waals surface area contributed by atoms with Crippen LogP contribution in [0, 0.1) is 64.8 Å². The largest absolute Gasteiger partial charge is 0.432 e. The van der Waals surface area contributed by atoms with Gasteiger partial charge in [-0.05, 0) is 118 Å². The van der Waals surface area contributed by atoms with E-state index in [0.717, 1.165) is 42.4 Å². The normalized spacial score (nSPS) is 37.2. The Morgan fingerprint density at radius 1 is 0.694 bits per heavy atom. The summed E-state index contributed by atoms with van der Waals surface area (Å²) < 4.78 is 74.1. The molecule has 4 fully saturated rings. The van der Waals surface area contributed by atoms with Gasteiger partial charge in [0.2, 0.25) is 0 Å². The summed E-state index contributed by atoms with van der Waals surface area (Å²) in [6.07, 6.45) is 12.3. The lowest BCUT2D eigenvalue weighted by Crippen LogP contribution is -2.38. The zero-order chi connectivity index (χ0) is 25.4. The van der Waals surface area contributed by atoms with Gasteiger partial charge < -0.3 is 4.74 Å². The number of rotatable bonds is 7. The SMILES string of the molecule is CCCC1CC2CC(C3CCC(C4CCC(C(F)(F)Oc5cc(F)c(F)c(F)c5)CC4)CC3)CC2C1. The predicted octanol–water partition coefficient (Wildman–Crippen LogP) is 9.54. The van der Waals surface area contributed by atoms with Gasteiger partial charge in [-0.25, -0.2) is 13.2 Å². The summed E-state index contributed by atoms with van der Waals surface area (Å²) >= 11 is 0. The lowest BCUT2D eigenvalue weighted by Gasteiger charge is -2.40. The summed E-state index contributed by atoms with van der Waals surface area (Å²) in [5, 5.41) is 0. The summed E-state index contributed by atoms with van der Waals surface area (Å²) in [7, 11) is 0. The first kappa shape index (κ1) is 26.3. The molecule has 0 saturated heterocycles. The van der Waals surface area contributed by atoms with Gasteiger partial charge in [-0.15, -0.1) is 0 Å². The van der Waals surface area contributed by atoms with E-state index < -0.39 is 35.2 Å². The Morgan fingerprint density at radius 2 is 1.14 bits per heavy atom. The van der Waals surface area contributed by atoms with Crippen LogP contribution in [0.3, 0.4) is 0 Å². The number of alkyl halides is 2. The van der Waals surface area contributed by atoms with Crippen LogP contribution in [0.25, 0.3) is 0 Å². The molecule has 0 aliphatic heterocycles. The molecule has 1 nitrogen and oxygen atoms in total. The Hall–Kier alpha value is -1.33. The maximum absolute atomic E-state index is 14.8. The lowest BCUT2D eigenvalue weighted by atomic mass is 9.67. The summed E-state index contributed by atoms with van der Waals surface area (Å²) in [4.78, 5) is 0. The molecule has 4 aliphatic rings. The molecule has 36 heavy (non-hydrogen) atoms. The van der Waals surface area contributed by atoms with Crippen LogP contribution < -0.4 is 4.74 Å². The highest BCUT2D eigenvalue weighted by Crippen LogP contribution is 2.55. The molecule has 0 amide bonds. The maximum atomic E-state index is 14.8. The average molecular weight is 513 g/mol. The number of benzene rings is 1. The Kier molecular flexibility index (Phi) is 7.89. The summed E-state index contributed by atoms with van der Waals surface area (Å²) in [6, 6.07) is 0.967. The Bertz CT molecular complexity index is 850. The van der Waals surface area contributed by atoms with E-state index in [2.05, 4.69) is 11.7 Å². The van der Waals surface area contributed by atoms with Crippen LogP contribution in [0.1, 0.15) is 96.8 Å². The standard InChI is InChI=1S/C30H41F5O/c1-2-3-18-12-22-14-24(15-23(22)13-18)21-6-4-19(5-7-21)20-8-10-25(11-9-20)30(34,35)36-26-16-27(31)29(33)28(32)17-26/h16-25H,2-15H2,1H3. The fraction of sp³-hybridized carbons (Fsp3) is 0.800. The van der Waals surface area contributed by atoms with Gasteiger partial charge in [0.15, 0.2) is 17.5 Å². The minimum Gasteiger partial charge on any atom is -0.432 e. The molecular formula is C30H41F5O. The lowest BCUT2D eigenvalue weighted by molar-refractivity contribution is -0.224. The number of hydrogen-bond donors (Lipinski definition) is 0. The molecule has 2 atom stereocenters. The zero-order valence-corrected chi connectivity index (χ0v) is 21.5. The highest BCUT2D eigenvalue weighted by atomic mass is 19.3. The fourth-order valence-electron chi connectivity index (χ4n) is 8.66. The molecule has 1 aromatic carbocycles. The second-order valence-electron chi connectivity index (χ2n) is 12.5. The van der Waals surface area contributed by atoms with Gasteiger partial charge in [0.05, 0.1) is 5.92 Å². The molecule has 0 radical (unpaired) electrons. The summed E-state index contributed by atoms with van der Waals surface area (Å²) in [6.45, 7) is 2.31. The summed E-state index contributed by atoms with van der Waals surface area (Å²) in [5.41, 5.74) is 0. The first-order chi connectivity index (χ1) is 17.2. The maximum Gasteiger partial charge on any atom is 0.400 e. The van der Waals surface area contributed by atoms with E-state index in [-0.39, 0.29) is 0 Å². The van der Waals surface area contributed by atoms with Crippen molar-refractivity contribution in [3.05, 3.63) is 29.6 Å². The molecule has 0 N–H and O–H groups in total. The highest BCUT2D eigenvalue weighted by molar-refractivity contribution is 5.25. The molecule has 2 unspecified atom stereocenters. The van der Waals surface area contributed by atoms with Crippen LogP contribution in [0.15, 0.2) is 12.1 Å². The minimum atomic E-state index is -3.53. The van der Waals surface area contributed by atoms with Crippen molar-refractivity contribution in [2.45, 2.75) is 103 Å². The highest BCUT2D eigenvalue weighted by Gasteiger charge is 2.47. The van der Waals surface area contributed by atoms with Gasteiger partial charge in [0, 0.05) is 12.1 Å². The van der Waals surface area contributed by atoms with Crippen molar-refractivity contribution in [3.8, 4) is 5.75 Å². The quantitative estimate of drug-likeness (QED) is 0.261. The summed E-state index contributed by atoms with van der Waals surface area (Å²) in [5.74, 6) is -0.572. The van der Waals surface area contributed by atoms with E-state index in [9.17, 15) is 22.0 Å². The van der Waals surface area contributed by atoms with Gasteiger partial charge >= 0.3 is 6.11 Å². The third kappa shape index (κ3) is 5.57. The molecule has 5 rings (SSSR count). The number of halogens is 5. The smallest absolute Gasteiger partial charge is 0.400 e. The molecule has 6 heteroatoms. The first-order valence-electron chi connectivity index (χ1n) is 14.4. The van der Waals surface area contributed by atoms with Crippen molar-refractivity contribution < 1.29 is 26.7 Å². The van der Waals surface area contributed by atoms with E-state index in [1.807, 2.05) is 0 Å². The topological polar surface area (TPSA) is 9.23 Å². The van der Waals surface area contributed by atoms with Gasteiger partial charge in [-0.1, -0.05) is 19.8 Å². The van der Waals surface area contributed by atoms with Crippen molar-refractivity contribution in [1.82, 2.24) is 0 Å². The third-order valence-corrected chi connectivity index (χ3v) is 10.5. The predicted molar refractivity (Wildman–Crippen MR) is 130 cm³/mol. The van der Waals surface area contributed by atoms with Crippen LogP contribution in [-0.2, 0) is 0 Å². The number of hydrogen-bond acceptors (Lipinski definition) is 1. The second-order valence-corrected chi connectivity index (χ2v) is 12.5. The van der Waals surface area contributed by atoms with E-state index in [1.165, 1.54) is 64.2 Å². The van der Waals surface area contributed by atoms with Crippen molar-refractivity contribution >= 4 is 0 Å². The molecule has 0 bridgehead atoms. The fourth-order valence-corrected chi connectivity index (χ4v) is 8.66. The third-order valence-electron chi connectivity index (χ3n) is 10.5. The van der Waals surface area contributed by atoms with Gasteiger partial charge in [0.25, 0.3) is 0 Å². The van der Waals surface area contributed by atoms with Crippen LogP contribution in [0.5, 0.6) is 5.75 Å². The number of ether oxygens (including phenoxy) is 1. The van der Waals surface area contributed by atoms with Crippen LogP contribution in [0.4, 0.5) is 22.0 Å². The van der Waals surface area contributed by atoms with E-state index >= 15 is 0 Å². The van der Waals surface area contributed by atoms with Crippen molar-refractivity contribution in [1.29, 1.82) is 0 Å². The molecule has 0 aromatic heterocycles.